The number of nitrogens with one attached hydrogen (secondary N) is 1. The minimum absolute atomic E-state index is 0.185. The topological polar surface area (TPSA) is 49.9 Å². The fraction of sp³-hybridized carbons (Fsp3) is 0.417. The Hall–Kier alpha value is -0.960. The van der Waals surface area contributed by atoms with Crippen molar-refractivity contribution < 1.29 is 0 Å². The number of nitrogens with two attached hydrogens (primary N) is 1. The highest BCUT2D eigenvalue weighted by Crippen LogP contribution is 2.13. The molecule has 0 radical (unpaired) electrons. The molecule has 0 fully saturated rings. The second kappa shape index (κ2) is 6.51. The van der Waals surface area contributed by atoms with E-state index in [9.17, 15) is 0 Å². The van der Waals surface area contributed by atoms with Crippen molar-refractivity contribution in [2.75, 3.05) is 0 Å². The number of unbranched alkanes of at least 4 members (excludes halogenated alkanes) is 1. The van der Waals surface area contributed by atoms with Gasteiger partial charge in [-0.25, -0.2) is 0 Å². The first kappa shape index (κ1) is 12.1. The lowest BCUT2D eigenvalue weighted by Crippen LogP contribution is -2.03. The van der Waals surface area contributed by atoms with Crippen LogP contribution in [0.3, 0.4) is 0 Å². The van der Waals surface area contributed by atoms with Gasteiger partial charge in [-0.15, -0.1) is 0 Å². The number of aryl methyl sites for hydroxylation is 1. The van der Waals surface area contributed by atoms with Crippen molar-refractivity contribution in [2.45, 2.75) is 31.9 Å². The van der Waals surface area contributed by atoms with E-state index in [4.69, 9.17) is 11.1 Å². The highest BCUT2D eigenvalue weighted by molar-refractivity contribution is 8.13. The first-order valence-electron chi connectivity index (χ1n) is 5.27. The summed E-state index contributed by atoms with van der Waals surface area (Å²) in [7, 11) is 0. The number of amidine groups is 1. The van der Waals surface area contributed by atoms with Crippen LogP contribution in [0, 0.1) is 5.41 Å². The first-order chi connectivity index (χ1) is 7.22. The average molecular weight is 222 g/mol. The van der Waals surface area contributed by atoms with E-state index in [1.165, 1.54) is 35.7 Å². The van der Waals surface area contributed by atoms with E-state index in [1.807, 2.05) is 0 Å². The van der Waals surface area contributed by atoms with Gasteiger partial charge in [-0.2, -0.15) is 0 Å². The van der Waals surface area contributed by atoms with E-state index < -0.39 is 0 Å². The zero-order valence-electron chi connectivity index (χ0n) is 9.12. The first-order valence-corrected chi connectivity index (χ1v) is 6.25. The molecule has 0 saturated carbocycles. The molecule has 3 heteroatoms. The van der Waals surface area contributed by atoms with Gasteiger partial charge in [0, 0.05) is 5.75 Å². The summed E-state index contributed by atoms with van der Waals surface area (Å²) in [5.74, 6) is 0.795. The highest BCUT2D eigenvalue weighted by Gasteiger charge is 1.96. The van der Waals surface area contributed by atoms with Crippen LogP contribution in [0.4, 0.5) is 0 Å². The van der Waals surface area contributed by atoms with Crippen molar-refractivity contribution in [3.05, 3.63) is 35.4 Å². The van der Waals surface area contributed by atoms with Gasteiger partial charge in [-0.3, -0.25) is 5.41 Å². The molecule has 0 aliphatic carbocycles. The fourth-order valence-electron chi connectivity index (χ4n) is 1.34. The fourth-order valence-corrected chi connectivity index (χ4v) is 1.86. The third-order valence-electron chi connectivity index (χ3n) is 2.24. The van der Waals surface area contributed by atoms with Crippen LogP contribution in [-0.2, 0) is 12.2 Å². The lowest BCUT2D eigenvalue weighted by Gasteiger charge is -2.03. The summed E-state index contributed by atoms with van der Waals surface area (Å²) in [4.78, 5) is 0. The molecule has 1 rings (SSSR count). The van der Waals surface area contributed by atoms with Gasteiger partial charge in [0.1, 0.15) is 0 Å². The molecular weight excluding hydrogens is 204 g/mol. The number of thioether (sulfide) groups is 1. The lowest BCUT2D eigenvalue weighted by atomic mass is 10.1. The smallest absolute Gasteiger partial charge is 0.151 e. The normalized spacial score (nSPS) is 10.2. The molecule has 0 atom stereocenters. The molecule has 0 spiro atoms. The van der Waals surface area contributed by atoms with Gasteiger partial charge in [0.15, 0.2) is 5.17 Å². The summed E-state index contributed by atoms with van der Waals surface area (Å²) in [5, 5.41) is 7.30. The summed E-state index contributed by atoms with van der Waals surface area (Å²) in [5.41, 5.74) is 7.91. The van der Waals surface area contributed by atoms with Crippen molar-refractivity contribution in [2.24, 2.45) is 5.73 Å². The molecule has 0 unspecified atom stereocenters. The Kier molecular flexibility index (Phi) is 5.26. The van der Waals surface area contributed by atoms with Crippen LogP contribution in [0.25, 0.3) is 0 Å². The van der Waals surface area contributed by atoms with Crippen molar-refractivity contribution >= 4 is 16.9 Å². The van der Waals surface area contributed by atoms with E-state index in [1.54, 1.807) is 0 Å². The van der Waals surface area contributed by atoms with Crippen LogP contribution >= 0.6 is 11.8 Å². The van der Waals surface area contributed by atoms with Crippen molar-refractivity contribution in [1.82, 2.24) is 0 Å². The van der Waals surface area contributed by atoms with Crippen LogP contribution in [-0.4, -0.2) is 5.17 Å². The Balaban J connectivity index is 2.45. The Morgan fingerprint density at radius 2 is 1.87 bits per heavy atom. The summed E-state index contributed by atoms with van der Waals surface area (Å²) in [6, 6.07) is 8.60. The molecule has 0 aromatic heterocycles. The van der Waals surface area contributed by atoms with E-state index in [0.717, 1.165) is 12.2 Å². The molecule has 0 saturated heterocycles. The molecule has 82 valence electrons. The zero-order valence-corrected chi connectivity index (χ0v) is 9.94. The summed E-state index contributed by atoms with van der Waals surface area (Å²) in [6.07, 6.45) is 3.65. The zero-order chi connectivity index (χ0) is 11.1. The van der Waals surface area contributed by atoms with E-state index >= 15 is 0 Å². The molecule has 0 amide bonds. The molecule has 3 N–H and O–H groups in total. The van der Waals surface area contributed by atoms with Crippen molar-refractivity contribution in [3.8, 4) is 0 Å². The number of benzene rings is 1. The van der Waals surface area contributed by atoms with Gasteiger partial charge in [0.25, 0.3) is 0 Å². The summed E-state index contributed by atoms with van der Waals surface area (Å²) in [6.45, 7) is 2.21. The predicted octanol–water partition coefficient (Wildman–Crippen LogP) is 3.16. The van der Waals surface area contributed by atoms with E-state index in [-0.39, 0.29) is 5.17 Å². The SMILES string of the molecule is CCCCc1ccc(CSC(=N)N)cc1. The molecule has 0 aliphatic heterocycles. The third kappa shape index (κ3) is 4.88. The van der Waals surface area contributed by atoms with Gasteiger partial charge in [0.05, 0.1) is 0 Å². The monoisotopic (exact) mass is 222 g/mol. The number of hydrogen-bond acceptors (Lipinski definition) is 2. The van der Waals surface area contributed by atoms with Gasteiger partial charge < -0.3 is 5.73 Å². The molecule has 0 heterocycles. The van der Waals surface area contributed by atoms with Gasteiger partial charge >= 0.3 is 0 Å². The maximum atomic E-state index is 7.12. The maximum absolute atomic E-state index is 7.12. The van der Waals surface area contributed by atoms with Crippen molar-refractivity contribution in [1.29, 1.82) is 5.41 Å². The molecule has 0 bridgehead atoms. The van der Waals surface area contributed by atoms with Crippen LogP contribution in [0.5, 0.6) is 0 Å². The Labute approximate surface area is 95.8 Å². The number of rotatable bonds is 5. The molecule has 15 heavy (non-hydrogen) atoms. The molecular formula is C12H18N2S. The van der Waals surface area contributed by atoms with Crippen LogP contribution in [0.1, 0.15) is 30.9 Å². The van der Waals surface area contributed by atoms with Gasteiger partial charge in [-0.05, 0) is 24.0 Å². The Morgan fingerprint density at radius 1 is 1.27 bits per heavy atom. The highest BCUT2D eigenvalue weighted by atomic mass is 32.2. The van der Waals surface area contributed by atoms with E-state index in [2.05, 4.69) is 31.2 Å². The molecule has 1 aromatic carbocycles. The third-order valence-corrected chi connectivity index (χ3v) is 3.02. The van der Waals surface area contributed by atoms with Crippen LogP contribution < -0.4 is 5.73 Å². The number of hydrogen-bond donors (Lipinski definition) is 2. The second-order valence-electron chi connectivity index (χ2n) is 3.57. The predicted molar refractivity (Wildman–Crippen MR) is 68.3 cm³/mol. The van der Waals surface area contributed by atoms with Gasteiger partial charge in [0.2, 0.25) is 0 Å². The maximum Gasteiger partial charge on any atom is 0.151 e. The molecule has 2 nitrogen and oxygen atoms in total. The Morgan fingerprint density at radius 3 is 2.40 bits per heavy atom. The molecule has 0 aliphatic rings. The summed E-state index contributed by atoms with van der Waals surface area (Å²) >= 11 is 1.37. The minimum Gasteiger partial charge on any atom is -0.379 e. The molecule has 1 aromatic rings. The second-order valence-corrected chi connectivity index (χ2v) is 4.59. The Bertz CT molecular complexity index is 306. The standard InChI is InChI=1S/C12H18N2S/c1-2-3-4-10-5-7-11(8-6-10)9-15-12(13)14/h5-8H,2-4,9H2,1H3,(H3,13,14). The van der Waals surface area contributed by atoms with Gasteiger partial charge in [-0.1, -0.05) is 49.4 Å². The minimum atomic E-state index is 0.185. The van der Waals surface area contributed by atoms with E-state index in [0.29, 0.717) is 0 Å². The summed E-state index contributed by atoms with van der Waals surface area (Å²) < 4.78 is 0. The lowest BCUT2D eigenvalue weighted by molar-refractivity contribution is 0.795. The van der Waals surface area contributed by atoms with Crippen LogP contribution in [0.15, 0.2) is 24.3 Å². The van der Waals surface area contributed by atoms with Crippen LogP contribution in [0.2, 0.25) is 0 Å². The quantitative estimate of drug-likeness (QED) is 0.594. The van der Waals surface area contributed by atoms with Crippen molar-refractivity contribution in [3.63, 3.8) is 0 Å². The largest absolute Gasteiger partial charge is 0.379 e. The average Bonchev–Trinajstić information content (AvgIpc) is 2.25.